The number of carbonyl (C=O) groups is 2. The van der Waals surface area contributed by atoms with Crippen molar-refractivity contribution in [1.29, 1.82) is 0 Å². The minimum Gasteiger partial charge on any atom is -0.342 e. The smallest absolute Gasteiger partial charge is 0.246 e. The molecule has 0 spiro atoms. The van der Waals surface area contributed by atoms with Gasteiger partial charge in [-0.05, 0) is 45.1 Å². The normalized spacial score (nSPS) is 24.6. The van der Waals surface area contributed by atoms with Gasteiger partial charge in [-0.3, -0.25) is 14.3 Å². The molecule has 6 nitrogen and oxygen atoms in total. The maximum absolute atomic E-state index is 12.6. The Labute approximate surface area is 149 Å². The van der Waals surface area contributed by atoms with Crippen LogP contribution in [0.25, 0.3) is 6.08 Å². The topological polar surface area (TPSA) is 58.4 Å². The second-order valence-corrected chi connectivity index (χ2v) is 7.34. The van der Waals surface area contributed by atoms with Crippen LogP contribution >= 0.6 is 0 Å². The zero-order valence-electron chi connectivity index (χ0n) is 15.7. The highest BCUT2D eigenvalue weighted by molar-refractivity contribution is 5.92. The number of rotatable bonds is 2. The lowest BCUT2D eigenvalue weighted by molar-refractivity contribution is -0.134. The summed E-state index contributed by atoms with van der Waals surface area (Å²) < 4.78 is 1.84. The highest BCUT2D eigenvalue weighted by Gasteiger charge is 2.36. The number of likely N-dealkylation sites (tertiary alicyclic amines) is 2. The molecule has 0 radical (unpaired) electrons. The van der Waals surface area contributed by atoms with E-state index >= 15 is 0 Å². The van der Waals surface area contributed by atoms with Gasteiger partial charge >= 0.3 is 0 Å². The van der Waals surface area contributed by atoms with Crippen LogP contribution in [0.2, 0.25) is 0 Å². The Kier molecular flexibility index (Phi) is 4.97. The van der Waals surface area contributed by atoms with Gasteiger partial charge in [0, 0.05) is 57.0 Å². The summed E-state index contributed by atoms with van der Waals surface area (Å²) >= 11 is 0. The first kappa shape index (κ1) is 17.7. The largest absolute Gasteiger partial charge is 0.342 e. The maximum atomic E-state index is 12.6. The molecule has 3 rings (SSSR count). The lowest BCUT2D eigenvalue weighted by Gasteiger charge is -2.41. The lowest BCUT2D eigenvalue weighted by Crippen LogP contribution is -2.51. The van der Waals surface area contributed by atoms with Gasteiger partial charge in [-0.1, -0.05) is 0 Å². The predicted octanol–water partition coefficient (Wildman–Crippen LogP) is 1.91. The van der Waals surface area contributed by atoms with E-state index in [9.17, 15) is 9.59 Å². The van der Waals surface area contributed by atoms with Crippen LogP contribution in [-0.4, -0.2) is 57.6 Å². The van der Waals surface area contributed by atoms with Crippen molar-refractivity contribution in [3.05, 3.63) is 23.0 Å². The Morgan fingerprint density at radius 3 is 2.68 bits per heavy atom. The van der Waals surface area contributed by atoms with Crippen LogP contribution < -0.4 is 0 Å². The summed E-state index contributed by atoms with van der Waals surface area (Å²) in [5.74, 6) is 0.693. The third-order valence-corrected chi connectivity index (χ3v) is 5.82. The molecule has 2 fully saturated rings. The van der Waals surface area contributed by atoms with Crippen molar-refractivity contribution in [2.45, 2.75) is 45.6 Å². The monoisotopic (exact) mass is 344 g/mol. The predicted molar refractivity (Wildman–Crippen MR) is 96.8 cm³/mol. The number of piperidine rings is 1. The third kappa shape index (κ3) is 3.48. The highest BCUT2D eigenvalue weighted by atomic mass is 16.2. The van der Waals surface area contributed by atoms with E-state index in [0.29, 0.717) is 18.9 Å². The van der Waals surface area contributed by atoms with Gasteiger partial charge in [-0.15, -0.1) is 0 Å². The molecule has 25 heavy (non-hydrogen) atoms. The standard InChI is InChI=1S/C19H28N4O2/c1-13-16(14(2)22(4)20-13)8-9-19(25)23-11-10-17-15(12-23)6-5-7-18(24)21(17)3/h8-9,15,17H,5-7,10-12H2,1-4H3/b9-8+/t15-,17+/m0/s1. The molecule has 2 amide bonds. The zero-order chi connectivity index (χ0) is 18.1. The molecule has 1 aromatic rings. The number of fused-ring (bicyclic) bond motifs is 1. The van der Waals surface area contributed by atoms with Crippen molar-refractivity contribution in [3.8, 4) is 0 Å². The fraction of sp³-hybridized carbons (Fsp3) is 0.632. The number of hydrogen-bond donors (Lipinski definition) is 0. The van der Waals surface area contributed by atoms with Crippen molar-refractivity contribution in [2.24, 2.45) is 13.0 Å². The van der Waals surface area contributed by atoms with Crippen LogP contribution in [0.4, 0.5) is 0 Å². The Morgan fingerprint density at radius 1 is 1.24 bits per heavy atom. The molecular formula is C19H28N4O2. The second kappa shape index (κ2) is 7.02. The molecule has 2 atom stereocenters. The first-order chi connectivity index (χ1) is 11.9. The maximum Gasteiger partial charge on any atom is 0.246 e. The van der Waals surface area contributed by atoms with E-state index in [1.54, 1.807) is 6.08 Å². The molecule has 0 unspecified atom stereocenters. The number of aromatic nitrogens is 2. The minimum absolute atomic E-state index is 0.0549. The van der Waals surface area contributed by atoms with Crippen LogP contribution in [0.3, 0.4) is 0 Å². The fourth-order valence-electron chi connectivity index (χ4n) is 4.18. The first-order valence-corrected chi connectivity index (χ1v) is 9.11. The van der Waals surface area contributed by atoms with E-state index in [1.165, 1.54) is 0 Å². The summed E-state index contributed by atoms with van der Waals surface area (Å²) in [6.07, 6.45) is 7.01. The average molecular weight is 344 g/mol. The summed E-state index contributed by atoms with van der Waals surface area (Å²) in [5, 5.41) is 4.38. The summed E-state index contributed by atoms with van der Waals surface area (Å²) in [5.41, 5.74) is 3.02. The Balaban J connectivity index is 1.68. The molecule has 0 N–H and O–H groups in total. The number of nitrogens with zero attached hydrogens (tertiary/aromatic N) is 4. The molecule has 0 bridgehead atoms. The van der Waals surface area contributed by atoms with Crippen LogP contribution in [0, 0.1) is 19.8 Å². The van der Waals surface area contributed by atoms with Crippen molar-refractivity contribution >= 4 is 17.9 Å². The van der Waals surface area contributed by atoms with E-state index in [2.05, 4.69) is 5.10 Å². The van der Waals surface area contributed by atoms with E-state index in [4.69, 9.17) is 0 Å². The van der Waals surface area contributed by atoms with Gasteiger partial charge in [0.05, 0.1) is 5.69 Å². The molecule has 0 saturated carbocycles. The fourth-order valence-corrected chi connectivity index (χ4v) is 4.18. The molecule has 6 heteroatoms. The van der Waals surface area contributed by atoms with E-state index in [1.807, 2.05) is 48.5 Å². The quantitative estimate of drug-likeness (QED) is 0.770. The van der Waals surface area contributed by atoms with Gasteiger partial charge in [0.2, 0.25) is 11.8 Å². The Hall–Kier alpha value is -2.11. The van der Waals surface area contributed by atoms with Crippen molar-refractivity contribution in [3.63, 3.8) is 0 Å². The molecule has 3 heterocycles. The van der Waals surface area contributed by atoms with E-state index in [0.717, 1.165) is 42.8 Å². The van der Waals surface area contributed by atoms with E-state index < -0.39 is 0 Å². The summed E-state index contributed by atoms with van der Waals surface area (Å²) in [4.78, 5) is 28.5. The average Bonchev–Trinajstić information content (AvgIpc) is 2.74. The molecular weight excluding hydrogens is 316 g/mol. The van der Waals surface area contributed by atoms with Gasteiger partial charge in [-0.2, -0.15) is 5.10 Å². The molecule has 0 aliphatic carbocycles. The summed E-state index contributed by atoms with van der Waals surface area (Å²) in [6, 6.07) is 0.283. The van der Waals surface area contributed by atoms with Gasteiger partial charge in [0.15, 0.2) is 0 Å². The second-order valence-electron chi connectivity index (χ2n) is 7.34. The minimum atomic E-state index is 0.0549. The zero-order valence-corrected chi connectivity index (χ0v) is 15.7. The van der Waals surface area contributed by atoms with Gasteiger partial charge in [-0.25, -0.2) is 0 Å². The van der Waals surface area contributed by atoms with Gasteiger partial charge in [0.25, 0.3) is 0 Å². The number of hydrogen-bond acceptors (Lipinski definition) is 3. The van der Waals surface area contributed by atoms with Gasteiger partial charge in [0.1, 0.15) is 0 Å². The van der Waals surface area contributed by atoms with E-state index in [-0.39, 0.29) is 17.9 Å². The number of carbonyl (C=O) groups excluding carboxylic acids is 2. The summed E-state index contributed by atoms with van der Waals surface area (Å²) in [6.45, 7) is 5.43. The van der Waals surface area contributed by atoms with Gasteiger partial charge < -0.3 is 9.80 Å². The molecule has 1 aromatic heterocycles. The number of amides is 2. The molecule has 0 aromatic carbocycles. The first-order valence-electron chi connectivity index (χ1n) is 9.11. The van der Waals surface area contributed by atoms with Crippen LogP contribution in [-0.2, 0) is 16.6 Å². The lowest BCUT2D eigenvalue weighted by atomic mass is 9.88. The third-order valence-electron chi connectivity index (χ3n) is 5.82. The van der Waals surface area contributed by atoms with Crippen LogP contribution in [0.5, 0.6) is 0 Å². The molecule has 2 aliphatic rings. The summed E-state index contributed by atoms with van der Waals surface area (Å²) in [7, 11) is 3.83. The highest BCUT2D eigenvalue weighted by Crippen LogP contribution is 2.29. The van der Waals surface area contributed by atoms with Crippen molar-refractivity contribution in [2.75, 3.05) is 20.1 Å². The molecule has 136 valence electrons. The molecule has 2 saturated heterocycles. The van der Waals surface area contributed by atoms with Crippen molar-refractivity contribution in [1.82, 2.24) is 19.6 Å². The number of aryl methyl sites for hydroxylation is 2. The van der Waals surface area contributed by atoms with Crippen LogP contribution in [0.15, 0.2) is 6.08 Å². The Morgan fingerprint density at radius 2 is 2.00 bits per heavy atom. The molecule has 2 aliphatic heterocycles. The van der Waals surface area contributed by atoms with Crippen LogP contribution in [0.1, 0.15) is 42.6 Å². The SMILES string of the molecule is Cc1nn(C)c(C)c1/C=C/C(=O)N1CC[C@@H]2[C@@H](CCCC(=O)N2C)C1. The van der Waals surface area contributed by atoms with Crippen molar-refractivity contribution < 1.29 is 9.59 Å². The Bertz CT molecular complexity index is 707.